The number of carbonyl (C=O) groups excluding carboxylic acids is 2. The molecule has 13 heteroatoms. The molecule has 2 heterocycles. The van der Waals surface area contributed by atoms with Crippen molar-refractivity contribution in [2.45, 2.75) is 77.1 Å². The quantitative estimate of drug-likeness (QED) is 0.375. The number of carboxylic acids is 1. The van der Waals surface area contributed by atoms with E-state index in [0.717, 1.165) is 10.9 Å². The third-order valence-electron chi connectivity index (χ3n) is 7.94. The van der Waals surface area contributed by atoms with Crippen molar-refractivity contribution in [3.8, 4) is 0 Å². The van der Waals surface area contributed by atoms with Crippen LogP contribution in [0.15, 0.2) is 18.6 Å². The number of carboxylic acid groups (broad SMARTS) is 1. The second-order valence-corrected chi connectivity index (χ2v) is 11.5. The van der Waals surface area contributed by atoms with Crippen molar-refractivity contribution in [2.75, 3.05) is 0 Å². The van der Waals surface area contributed by atoms with Crippen LogP contribution in [-0.4, -0.2) is 43.6 Å². The van der Waals surface area contributed by atoms with E-state index in [4.69, 9.17) is 23.2 Å². The molecule has 0 spiro atoms. The Morgan fingerprint density at radius 2 is 1.68 bits per heavy atom. The van der Waals surface area contributed by atoms with Gasteiger partial charge in [-0.3, -0.25) is 24.0 Å². The number of rotatable bonds is 8. The minimum absolute atomic E-state index is 0.0423. The fraction of sp³-hybridized carbons (Fsp3) is 0.560. The van der Waals surface area contributed by atoms with Gasteiger partial charge in [-0.2, -0.15) is 18.3 Å². The van der Waals surface area contributed by atoms with E-state index in [-0.39, 0.29) is 47.7 Å². The highest BCUT2D eigenvalue weighted by Crippen LogP contribution is 2.50. The van der Waals surface area contributed by atoms with Gasteiger partial charge in [0.25, 0.3) is 5.91 Å². The Kier molecular flexibility index (Phi) is 7.57. The maximum Gasteiger partial charge on any atom is 0.433 e. The summed E-state index contributed by atoms with van der Waals surface area (Å²) in [6, 6.07) is -1.46. The molecule has 0 aliphatic heterocycles. The van der Waals surface area contributed by atoms with Crippen LogP contribution in [0.3, 0.4) is 0 Å². The molecule has 2 aromatic heterocycles. The fourth-order valence-electron chi connectivity index (χ4n) is 5.00. The Labute approximate surface area is 226 Å². The Hall–Kier alpha value is -2.66. The van der Waals surface area contributed by atoms with Gasteiger partial charge in [-0.15, -0.1) is 0 Å². The largest absolute Gasteiger partial charge is 0.481 e. The molecule has 2 saturated carbocycles. The second-order valence-electron chi connectivity index (χ2n) is 10.7. The lowest BCUT2D eigenvalue weighted by molar-refractivity contribution is -0.152. The molecular formula is C25H27Cl2F3N4O4. The fourth-order valence-corrected chi connectivity index (χ4v) is 5.58. The number of halogens is 5. The van der Waals surface area contributed by atoms with Gasteiger partial charge in [0.15, 0.2) is 11.5 Å². The van der Waals surface area contributed by atoms with Gasteiger partial charge in [-0.05, 0) is 50.9 Å². The molecule has 0 saturated heterocycles. The first kappa shape index (κ1) is 28.4. The van der Waals surface area contributed by atoms with Crippen LogP contribution >= 0.6 is 23.2 Å². The van der Waals surface area contributed by atoms with Gasteiger partial charge in [0, 0.05) is 24.9 Å². The zero-order valence-electron chi connectivity index (χ0n) is 20.7. The highest BCUT2D eigenvalue weighted by Gasteiger charge is 2.48. The van der Waals surface area contributed by atoms with Crippen molar-refractivity contribution in [2.24, 2.45) is 10.8 Å². The number of Topliss-reactive ketones (excluding diaryl/α,β-unsaturated/α-hetero) is 1. The second kappa shape index (κ2) is 10.1. The van der Waals surface area contributed by atoms with E-state index in [1.165, 1.54) is 12.4 Å². The van der Waals surface area contributed by atoms with Crippen molar-refractivity contribution < 1.29 is 32.7 Å². The van der Waals surface area contributed by atoms with Crippen molar-refractivity contribution in [1.82, 2.24) is 20.1 Å². The summed E-state index contributed by atoms with van der Waals surface area (Å²) in [6.07, 6.45) is 0.410. The van der Waals surface area contributed by atoms with Crippen LogP contribution in [0, 0.1) is 10.8 Å². The Morgan fingerprint density at radius 3 is 2.18 bits per heavy atom. The summed E-state index contributed by atoms with van der Waals surface area (Å²) < 4.78 is 43.5. The first-order valence-electron chi connectivity index (χ1n) is 12.2. The van der Waals surface area contributed by atoms with Crippen molar-refractivity contribution >= 4 is 40.9 Å². The highest BCUT2D eigenvalue weighted by atomic mass is 35.5. The molecule has 4 rings (SSSR count). The summed E-state index contributed by atoms with van der Waals surface area (Å²) in [6.45, 7) is 3.42. The van der Waals surface area contributed by atoms with Crippen molar-refractivity contribution in [1.29, 1.82) is 0 Å². The smallest absolute Gasteiger partial charge is 0.433 e. The van der Waals surface area contributed by atoms with E-state index < -0.39 is 58.0 Å². The van der Waals surface area contributed by atoms with Gasteiger partial charge < -0.3 is 10.4 Å². The van der Waals surface area contributed by atoms with E-state index in [9.17, 15) is 32.7 Å². The third-order valence-corrected chi connectivity index (χ3v) is 8.51. The lowest BCUT2D eigenvalue weighted by atomic mass is 9.74. The van der Waals surface area contributed by atoms with E-state index in [1.807, 2.05) is 6.92 Å². The summed E-state index contributed by atoms with van der Waals surface area (Å²) >= 11 is 12.2. The van der Waals surface area contributed by atoms with E-state index in [1.54, 1.807) is 6.92 Å². The number of alkyl halides is 3. The number of aliphatic carboxylic acids is 1. The maximum atomic E-state index is 14.2. The van der Waals surface area contributed by atoms with Crippen molar-refractivity contribution in [3.63, 3.8) is 0 Å². The minimum atomic E-state index is -4.89. The van der Waals surface area contributed by atoms with Crippen LogP contribution in [0.25, 0.3) is 0 Å². The summed E-state index contributed by atoms with van der Waals surface area (Å²) in [5, 5.41) is 16.1. The van der Waals surface area contributed by atoms with Gasteiger partial charge >= 0.3 is 12.1 Å². The number of nitrogens with one attached hydrogen (secondary N) is 1. The molecule has 206 valence electrons. The zero-order chi connectivity index (χ0) is 28.0. The Bertz CT molecular complexity index is 1250. The molecule has 38 heavy (non-hydrogen) atoms. The van der Waals surface area contributed by atoms with E-state index >= 15 is 0 Å². The van der Waals surface area contributed by atoms with Gasteiger partial charge in [0.05, 0.1) is 38.8 Å². The van der Waals surface area contributed by atoms with Crippen LogP contribution < -0.4 is 5.32 Å². The lowest BCUT2D eigenvalue weighted by Gasteiger charge is -2.34. The van der Waals surface area contributed by atoms with Gasteiger partial charge in [-0.25, -0.2) is 0 Å². The minimum Gasteiger partial charge on any atom is -0.481 e. The summed E-state index contributed by atoms with van der Waals surface area (Å²) in [5.41, 5.74) is -3.28. The van der Waals surface area contributed by atoms with Crippen LogP contribution in [0.2, 0.25) is 10.0 Å². The monoisotopic (exact) mass is 574 g/mol. The lowest BCUT2D eigenvalue weighted by Crippen LogP contribution is -2.42. The number of hydrogen-bond donors (Lipinski definition) is 2. The molecule has 2 fully saturated rings. The average Bonchev–Trinajstić information content (AvgIpc) is 3.40. The molecule has 2 aliphatic rings. The van der Waals surface area contributed by atoms with Crippen molar-refractivity contribution in [3.05, 3.63) is 45.5 Å². The first-order chi connectivity index (χ1) is 17.7. The number of aromatic nitrogens is 3. The molecule has 1 atom stereocenters. The molecule has 2 aromatic rings. The SMILES string of the molecule is CC1(C(=O)O)CCC(n2ncc(C(=O)NC(CC(=O)c3c(Cl)cncc3Cl)C3(C)CC3)c2C(F)(F)F)CC1. The summed E-state index contributed by atoms with van der Waals surface area (Å²) in [7, 11) is 0. The van der Waals surface area contributed by atoms with Gasteiger partial charge in [0.1, 0.15) is 0 Å². The van der Waals surface area contributed by atoms with Crippen LogP contribution in [0.5, 0.6) is 0 Å². The number of carbonyl (C=O) groups is 3. The van der Waals surface area contributed by atoms with Crippen LogP contribution in [0.1, 0.15) is 91.2 Å². The highest BCUT2D eigenvalue weighted by molar-refractivity contribution is 6.39. The normalized spacial score (nSPS) is 23.5. The molecule has 0 radical (unpaired) electrons. The number of pyridine rings is 1. The molecule has 8 nitrogen and oxygen atoms in total. The van der Waals surface area contributed by atoms with E-state index in [0.29, 0.717) is 12.8 Å². The average molecular weight is 575 g/mol. The first-order valence-corrected chi connectivity index (χ1v) is 12.9. The molecule has 1 unspecified atom stereocenters. The summed E-state index contributed by atoms with van der Waals surface area (Å²) in [4.78, 5) is 41.6. The van der Waals surface area contributed by atoms with E-state index in [2.05, 4.69) is 15.4 Å². The number of hydrogen-bond acceptors (Lipinski definition) is 5. The zero-order valence-corrected chi connectivity index (χ0v) is 22.3. The molecule has 0 bridgehead atoms. The molecule has 2 aliphatic carbocycles. The van der Waals surface area contributed by atoms with Crippen LogP contribution in [0.4, 0.5) is 13.2 Å². The molecule has 1 amide bonds. The molecule has 2 N–H and O–H groups in total. The Morgan fingerprint density at radius 1 is 1.11 bits per heavy atom. The van der Waals surface area contributed by atoms with Gasteiger partial charge in [0.2, 0.25) is 0 Å². The predicted octanol–water partition coefficient (Wildman–Crippen LogP) is 5.98. The number of amides is 1. The maximum absolute atomic E-state index is 14.2. The molecule has 0 aromatic carbocycles. The standard InChI is InChI=1S/C25H27Cl2F3N4O4/c1-23(7-8-23)18(9-17(35)19-15(26)11-31-12-16(19)27)33-21(36)14-10-32-34(20(14)25(28,29)30)13-3-5-24(2,6-4-13)22(37)38/h10-13,18H,3-9H2,1-2H3,(H,33,36)(H,37,38). The summed E-state index contributed by atoms with van der Waals surface area (Å²) in [5.74, 6) is -2.44. The molecular weight excluding hydrogens is 548 g/mol. The number of nitrogens with zero attached hydrogens (tertiary/aromatic N) is 3. The Balaban J connectivity index is 1.58. The third kappa shape index (κ3) is 5.54. The predicted molar refractivity (Wildman–Crippen MR) is 132 cm³/mol. The topological polar surface area (TPSA) is 114 Å². The van der Waals surface area contributed by atoms with Gasteiger partial charge in [-0.1, -0.05) is 30.1 Å². The van der Waals surface area contributed by atoms with Crippen LogP contribution in [-0.2, 0) is 11.0 Å². The number of ketones is 1.